The van der Waals surface area contributed by atoms with Gasteiger partial charge in [0.25, 0.3) is 5.91 Å². The Labute approximate surface area is 121 Å². The van der Waals surface area contributed by atoms with Crippen LogP contribution in [0.15, 0.2) is 27.8 Å². The van der Waals surface area contributed by atoms with Crippen LogP contribution in [-0.2, 0) is 0 Å². The summed E-state index contributed by atoms with van der Waals surface area (Å²) in [6.07, 6.45) is 0. The van der Waals surface area contributed by atoms with Gasteiger partial charge < -0.3 is 15.8 Å². The summed E-state index contributed by atoms with van der Waals surface area (Å²) in [4.78, 5) is 14.0. The number of halogens is 1. The molecule has 0 saturated heterocycles. The summed E-state index contributed by atoms with van der Waals surface area (Å²) in [5, 5.41) is 11.5. The third-order valence-corrected chi connectivity index (χ3v) is 3.26. The van der Waals surface area contributed by atoms with Crippen molar-refractivity contribution >= 4 is 27.7 Å². The third-order valence-electron chi connectivity index (χ3n) is 2.76. The highest BCUT2D eigenvalue weighted by atomic mass is 79.9. The summed E-state index contributed by atoms with van der Waals surface area (Å²) in [5.41, 5.74) is 6.98. The van der Waals surface area contributed by atoms with Crippen LogP contribution in [0.25, 0.3) is 0 Å². The van der Waals surface area contributed by atoms with E-state index in [-0.39, 0.29) is 24.3 Å². The van der Waals surface area contributed by atoms with Crippen LogP contribution in [0.4, 0.5) is 0 Å². The van der Waals surface area contributed by atoms with E-state index in [9.17, 15) is 4.79 Å². The molecular formula is C13H18BrN3O2. The normalized spacial score (nSPS) is 11.7. The van der Waals surface area contributed by atoms with E-state index < -0.39 is 0 Å². The molecule has 0 saturated carbocycles. The lowest BCUT2D eigenvalue weighted by atomic mass is 10.1. The molecule has 0 aliphatic carbocycles. The molecular weight excluding hydrogens is 310 g/mol. The summed E-state index contributed by atoms with van der Waals surface area (Å²) in [5.74, 6) is -0.122. The molecule has 1 aromatic carbocycles. The Morgan fingerprint density at radius 3 is 2.63 bits per heavy atom. The van der Waals surface area contributed by atoms with Gasteiger partial charge in [-0.15, -0.1) is 0 Å². The highest BCUT2D eigenvalue weighted by Gasteiger charge is 2.21. The number of nitrogens with two attached hydrogens (primary N) is 1. The quantitative estimate of drug-likeness (QED) is 0.385. The van der Waals surface area contributed by atoms with Crippen LogP contribution in [0.3, 0.4) is 0 Å². The van der Waals surface area contributed by atoms with E-state index in [1.54, 1.807) is 11.0 Å². The van der Waals surface area contributed by atoms with E-state index in [0.29, 0.717) is 5.56 Å². The van der Waals surface area contributed by atoms with E-state index in [2.05, 4.69) is 21.1 Å². The molecule has 1 aromatic rings. The number of oxime groups is 1. The van der Waals surface area contributed by atoms with Gasteiger partial charge >= 0.3 is 0 Å². The topological polar surface area (TPSA) is 78.9 Å². The van der Waals surface area contributed by atoms with Crippen molar-refractivity contribution in [1.29, 1.82) is 0 Å². The average molecular weight is 328 g/mol. The SMILES string of the molecule is Cc1cc(Br)ccc1C(=O)N(CC(N)=NO)C(C)C. The number of carbonyl (C=O) groups excluding carboxylic acids is 1. The van der Waals surface area contributed by atoms with E-state index in [4.69, 9.17) is 10.9 Å². The fourth-order valence-corrected chi connectivity index (χ4v) is 2.19. The Balaban J connectivity index is 3.06. The maximum absolute atomic E-state index is 12.5. The van der Waals surface area contributed by atoms with Gasteiger partial charge in [-0.3, -0.25) is 4.79 Å². The molecule has 0 radical (unpaired) electrons. The number of aryl methyl sites for hydroxylation is 1. The third kappa shape index (κ3) is 3.96. The van der Waals surface area contributed by atoms with Crippen molar-refractivity contribution in [2.24, 2.45) is 10.9 Å². The minimum Gasteiger partial charge on any atom is -0.409 e. The number of hydrogen-bond acceptors (Lipinski definition) is 3. The molecule has 5 nitrogen and oxygen atoms in total. The fraction of sp³-hybridized carbons (Fsp3) is 0.385. The molecule has 0 heterocycles. The van der Waals surface area contributed by atoms with E-state index in [0.717, 1.165) is 10.0 Å². The highest BCUT2D eigenvalue weighted by Crippen LogP contribution is 2.18. The van der Waals surface area contributed by atoms with Crippen LogP contribution in [0, 0.1) is 6.92 Å². The van der Waals surface area contributed by atoms with Gasteiger partial charge in [-0.1, -0.05) is 21.1 Å². The molecule has 0 atom stereocenters. The zero-order valence-electron chi connectivity index (χ0n) is 11.2. The van der Waals surface area contributed by atoms with Crippen molar-refractivity contribution < 1.29 is 10.0 Å². The van der Waals surface area contributed by atoms with Crippen LogP contribution < -0.4 is 5.73 Å². The van der Waals surface area contributed by atoms with Crippen LogP contribution in [0.1, 0.15) is 29.8 Å². The second-order valence-corrected chi connectivity index (χ2v) is 5.49. The van der Waals surface area contributed by atoms with Crippen molar-refractivity contribution in [3.63, 3.8) is 0 Å². The van der Waals surface area contributed by atoms with E-state index in [1.807, 2.05) is 32.9 Å². The first-order valence-corrected chi connectivity index (χ1v) is 6.69. The largest absolute Gasteiger partial charge is 0.409 e. The average Bonchev–Trinajstić information content (AvgIpc) is 2.34. The van der Waals surface area contributed by atoms with E-state index >= 15 is 0 Å². The predicted octanol–water partition coefficient (Wildman–Crippen LogP) is 2.35. The Hall–Kier alpha value is -1.56. The first kappa shape index (κ1) is 15.5. The molecule has 3 N–H and O–H groups in total. The van der Waals surface area contributed by atoms with E-state index in [1.165, 1.54) is 0 Å². The molecule has 0 aromatic heterocycles. The molecule has 0 bridgehead atoms. The maximum Gasteiger partial charge on any atom is 0.254 e. The Kier molecular flexibility index (Phi) is 5.35. The number of benzene rings is 1. The Morgan fingerprint density at radius 2 is 2.16 bits per heavy atom. The first-order valence-electron chi connectivity index (χ1n) is 5.90. The minimum absolute atomic E-state index is 0.0109. The summed E-state index contributed by atoms with van der Waals surface area (Å²) in [6.45, 7) is 5.75. The molecule has 104 valence electrons. The summed E-state index contributed by atoms with van der Waals surface area (Å²) in [7, 11) is 0. The zero-order valence-corrected chi connectivity index (χ0v) is 12.8. The predicted molar refractivity (Wildman–Crippen MR) is 78.5 cm³/mol. The lowest BCUT2D eigenvalue weighted by Gasteiger charge is -2.26. The minimum atomic E-state index is -0.133. The van der Waals surface area contributed by atoms with Crippen LogP contribution in [0.5, 0.6) is 0 Å². The van der Waals surface area contributed by atoms with Crippen molar-refractivity contribution in [2.45, 2.75) is 26.8 Å². The zero-order chi connectivity index (χ0) is 14.6. The number of amidine groups is 1. The second-order valence-electron chi connectivity index (χ2n) is 4.58. The number of nitrogens with zero attached hydrogens (tertiary/aromatic N) is 2. The summed E-state index contributed by atoms with van der Waals surface area (Å²) < 4.78 is 0.925. The van der Waals surface area contributed by atoms with Gasteiger partial charge in [0, 0.05) is 16.1 Å². The van der Waals surface area contributed by atoms with Crippen molar-refractivity contribution in [1.82, 2.24) is 4.90 Å². The standard InChI is InChI=1S/C13H18BrN3O2/c1-8(2)17(7-12(15)16-19)13(18)11-5-4-10(14)6-9(11)3/h4-6,8,19H,7H2,1-3H3,(H2,15,16). The number of carbonyl (C=O) groups is 1. The van der Waals surface area contributed by atoms with Crippen LogP contribution in [-0.4, -0.2) is 34.4 Å². The molecule has 1 amide bonds. The summed E-state index contributed by atoms with van der Waals surface area (Å²) in [6, 6.07) is 5.43. The van der Waals surface area contributed by atoms with Gasteiger partial charge in [0.15, 0.2) is 5.84 Å². The number of rotatable bonds is 4. The highest BCUT2D eigenvalue weighted by molar-refractivity contribution is 9.10. The molecule has 0 aliphatic heterocycles. The van der Waals surface area contributed by atoms with Crippen LogP contribution in [0.2, 0.25) is 0 Å². The molecule has 0 fully saturated rings. The number of hydrogen-bond donors (Lipinski definition) is 2. The smallest absolute Gasteiger partial charge is 0.254 e. The lowest BCUT2D eigenvalue weighted by molar-refractivity contribution is 0.0733. The van der Waals surface area contributed by atoms with Gasteiger partial charge in [-0.2, -0.15) is 0 Å². The van der Waals surface area contributed by atoms with Crippen molar-refractivity contribution in [3.05, 3.63) is 33.8 Å². The Bertz CT molecular complexity index is 501. The van der Waals surface area contributed by atoms with Gasteiger partial charge in [-0.25, -0.2) is 0 Å². The molecule has 0 aliphatic rings. The number of amides is 1. The molecule has 0 unspecified atom stereocenters. The Morgan fingerprint density at radius 1 is 1.53 bits per heavy atom. The van der Waals surface area contributed by atoms with Gasteiger partial charge in [0.05, 0.1) is 6.54 Å². The lowest BCUT2D eigenvalue weighted by Crippen LogP contribution is -2.43. The van der Waals surface area contributed by atoms with Crippen molar-refractivity contribution in [3.8, 4) is 0 Å². The van der Waals surface area contributed by atoms with Gasteiger partial charge in [0.2, 0.25) is 0 Å². The molecule has 6 heteroatoms. The first-order chi connectivity index (χ1) is 8.86. The summed E-state index contributed by atoms with van der Waals surface area (Å²) >= 11 is 3.37. The van der Waals surface area contributed by atoms with Gasteiger partial charge in [-0.05, 0) is 44.5 Å². The van der Waals surface area contributed by atoms with Gasteiger partial charge in [0.1, 0.15) is 0 Å². The molecule has 19 heavy (non-hydrogen) atoms. The van der Waals surface area contributed by atoms with Crippen molar-refractivity contribution in [2.75, 3.05) is 6.54 Å². The van der Waals surface area contributed by atoms with Crippen LogP contribution >= 0.6 is 15.9 Å². The monoisotopic (exact) mass is 327 g/mol. The molecule has 0 spiro atoms. The maximum atomic E-state index is 12.5. The fourth-order valence-electron chi connectivity index (χ4n) is 1.72. The second kappa shape index (κ2) is 6.56. The molecule has 1 rings (SSSR count).